The minimum atomic E-state index is 0.0479. The van der Waals surface area contributed by atoms with Gasteiger partial charge < -0.3 is 14.7 Å². The zero-order valence-corrected chi connectivity index (χ0v) is 11.1. The maximum atomic E-state index is 12.0. The molecule has 1 fully saturated rings. The van der Waals surface area contributed by atoms with Gasteiger partial charge in [0.15, 0.2) is 11.5 Å². The lowest BCUT2D eigenvalue weighted by Gasteiger charge is -2.25. The highest BCUT2D eigenvalue weighted by atomic mass is 16.5. The second-order valence-corrected chi connectivity index (χ2v) is 4.65. The summed E-state index contributed by atoms with van der Waals surface area (Å²) in [5, 5.41) is 9.49. The molecule has 0 saturated carbocycles. The maximum absolute atomic E-state index is 12.0. The summed E-state index contributed by atoms with van der Waals surface area (Å²) >= 11 is 0. The maximum Gasteiger partial charge on any atom is 0.246 e. The molecule has 0 atom stereocenters. The van der Waals surface area contributed by atoms with E-state index in [4.69, 9.17) is 4.74 Å². The Kier molecular flexibility index (Phi) is 4.44. The zero-order valence-electron chi connectivity index (χ0n) is 11.1. The van der Waals surface area contributed by atoms with Crippen molar-refractivity contribution in [3.8, 4) is 11.5 Å². The largest absolute Gasteiger partial charge is 0.504 e. The lowest BCUT2D eigenvalue weighted by Crippen LogP contribution is -2.34. The fourth-order valence-electron chi connectivity index (χ4n) is 2.19. The normalized spacial score (nSPS) is 15.7. The highest BCUT2D eigenvalue weighted by molar-refractivity contribution is 5.91. The Morgan fingerprint density at radius 2 is 2.05 bits per heavy atom. The van der Waals surface area contributed by atoms with Crippen LogP contribution < -0.4 is 4.74 Å². The van der Waals surface area contributed by atoms with E-state index in [9.17, 15) is 9.90 Å². The van der Waals surface area contributed by atoms with Gasteiger partial charge in [0.2, 0.25) is 5.91 Å². The molecule has 2 rings (SSSR count). The number of carbonyl (C=O) groups excluding carboxylic acids is 1. The van der Waals surface area contributed by atoms with Gasteiger partial charge in [-0.15, -0.1) is 0 Å². The number of phenols is 1. The van der Waals surface area contributed by atoms with Crippen LogP contribution in [0, 0.1) is 0 Å². The Bertz CT molecular complexity index is 476. The van der Waals surface area contributed by atoms with Gasteiger partial charge in [0.1, 0.15) is 0 Å². The van der Waals surface area contributed by atoms with Crippen molar-refractivity contribution in [2.24, 2.45) is 0 Å². The first kappa shape index (κ1) is 13.5. The first-order valence-corrected chi connectivity index (χ1v) is 6.54. The molecular formula is C15H19NO3. The van der Waals surface area contributed by atoms with Gasteiger partial charge in [0.25, 0.3) is 0 Å². The number of methoxy groups -OCH3 is 1. The van der Waals surface area contributed by atoms with Gasteiger partial charge in [-0.1, -0.05) is 6.07 Å². The fourth-order valence-corrected chi connectivity index (χ4v) is 2.19. The van der Waals surface area contributed by atoms with Crippen molar-refractivity contribution >= 4 is 12.0 Å². The molecule has 1 aliphatic heterocycles. The molecule has 1 aromatic rings. The van der Waals surface area contributed by atoms with Crippen LogP contribution in [0.1, 0.15) is 24.8 Å². The fraction of sp³-hybridized carbons (Fsp3) is 0.400. The van der Waals surface area contributed by atoms with Crippen molar-refractivity contribution in [2.75, 3.05) is 20.2 Å². The van der Waals surface area contributed by atoms with E-state index in [1.807, 2.05) is 4.90 Å². The van der Waals surface area contributed by atoms with Crippen molar-refractivity contribution in [1.29, 1.82) is 0 Å². The second kappa shape index (κ2) is 6.27. The molecule has 0 unspecified atom stereocenters. The molecule has 0 aromatic heterocycles. The van der Waals surface area contributed by atoms with Crippen molar-refractivity contribution in [3.05, 3.63) is 29.8 Å². The number of piperidine rings is 1. The van der Waals surface area contributed by atoms with Gasteiger partial charge >= 0.3 is 0 Å². The van der Waals surface area contributed by atoms with Crippen molar-refractivity contribution < 1.29 is 14.6 Å². The second-order valence-electron chi connectivity index (χ2n) is 4.65. The lowest BCUT2D eigenvalue weighted by atomic mass is 10.1. The van der Waals surface area contributed by atoms with E-state index in [0.717, 1.165) is 31.5 Å². The van der Waals surface area contributed by atoms with Crippen molar-refractivity contribution in [3.63, 3.8) is 0 Å². The average molecular weight is 261 g/mol. The number of rotatable bonds is 3. The van der Waals surface area contributed by atoms with Crippen LogP contribution in [0.5, 0.6) is 11.5 Å². The molecule has 0 radical (unpaired) electrons. The van der Waals surface area contributed by atoms with E-state index in [0.29, 0.717) is 5.75 Å². The van der Waals surface area contributed by atoms with E-state index in [-0.39, 0.29) is 11.7 Å². The Morgan fingerprint density at radius 1 is 1.32 bits per heavy atom. The van der Waals surface area contributed by atoms with Crippen LogP contribution in [0.2, 0.25) is 0 Å². The van der Waals surface area contributed by atoms with Crippen molar-refractivity contribution in [1.82, 2.24) is 4.90 Å². The minimum absolute atomic E-state index is 0.0479. The van der Waals surface area contributed by atoms with Crippen LogP contribution in [0.25, 0.3) is 6.08 Å². The number of benzene rings is 1. The molecular weight excluding hydrogens is 242 g/mol. The minimum Gasteiger partial charge on any atom is -0.504 e. The molecule has 0 spiro atoms. The molecule has 1 N–H and O–H groups in total. The van der Waals surface area contributed by atoms with Crippen LogP contribution in [0.4, 0.5) is 0 Å². The highest BCUT2D eigenvalue weighted by Crippen LogP contribution is 2.26. The summed E-state index contributed by atoms with van der Waals surface area (Å²) in [6.07, 6.45) is 6.72. The first-order chi connectivity index (χ1) is 9.20. The van der Waals surface area contributed by atoms with Gasteiger partial charge in [-0.2, -0.15) is 0 Å². The monoisotopic (exact) mass is 261 g/mol. The molecule has 1 aliphatic rings. The summed E-state index contributed by atoms with van der Waals surface area (Å²) in [6.45, 7) is 1.70. The number of hydrogen-bond acceptors (Lipinski definition) is 3. The number of phenolic OH excluding ortho intramolecular Hbond substituents is 1. The Balaban J connectivity index is 2.03. The average Bonchev–Trinajstić information content (AvgIpc) is 2.47. The third-order valence-electron chi connectivity index (χ3n) is 3.29. The van der Waals surface area contributed by atoms with Crippen molar-refractivity contribution in [2.45, 2.75) is 19.3 Å². The number of amides is 1. The smallest absolute Gasteiger partial charge is 0.246 e. The van der Waals surface area contributed by atoms with Crippen LogP contribution >= 0.6 is 0 Å². The lowest BCUT2D eigenvalue weighted by molar-refractivity contribution is -0.126. The molecule has 1 amide bonds. The molecule has 102 valence electrons. The number of likely N-dealkylation sites (tertiary alicyclic amines) is 1. The van der Waals surface area contributed by atoms with E-state index in [2.05, 4.69) is 0 Å². The standard InChI is InChI=1S/C15H19NO3/c1-19-14-11-12(5-7-13(14)17)6-8-15(18)16-9-3-2-4-10-16/h5-8,11,17H,2-4,9-10H2,1H3. The third-order valence-corrected chi connectivity index (χ3v) is 3.29. The number of ether oxygens (including phenoxy) is 1. The zero-order chi connectivity index (χ0) is 13.7. The summed E-state index contributed by atoms with van der Waals surface area (Å²) in [6, 6.07) is 5.01. The topological polar surface area (TPSA) is 49.8 Å². The molecule has 1 aromatic carbocycles. The molecule has 0 aliphatic carbocycles. The summed E-state index contributed by atoms with van der Waals surface area (Å²) in [5.74, 6) is 0.557. The first-order valence-electron chi connectivity index (χ1n) is 6.54. The predicted molar refractivity (Wildman–Crippen MR) is 74.1 cm³/mol. The highest BCUT2D eigenvalue weighted by Gasteiger charge is 2.13. The molecule has 1 heterocycles. The number of carbonyl (C=O) groups is 1. The molecule has 4 heteroatoms. The van der Waals surface area contributed by atoms with Crippen LogP contribution in [0.3, 0.4) is 0 Å². The van der Waals surface area contributed by atoms with Crippen LogP contribution in [-0.4, -0.2) is 36.1 Å². The summed E-state index contributed by atoms with van der Waals surface area (Å²) in [7, 11) is 1.50. The Hall–Kier alpha value is -1.97. The van der Waals surface area contributed by atoms with E-state index in [1.165, 1.54) is 13.5 Å². The van der Waals surface area contributed by atoms with Gasteiger partial charge in [-0.3, -0.25) is 4.79 Å². The predicted octanol–water partition coefficient (Wildman–Crippen LogP) is 2.43. The van der Waals surface area contributed by atoms with E-state index >= 15 is 0 Å². The van der Waals surface area contributed by atoms with Gasteiger partial charge in [0, 0.05) is 19.2 Å². The Labute approximate surface area is 113 Å². The Morgan fingerprint density at radius 3 is 2.74 bits per heavy atom. The van der Waals surface area contributed by atoms with Crippen LogP contribution in [-0.2, 0) is 4.79 Å². The number of hydrogen-bond donors (Lipinski definition) is 1. The SMILES string of the molecule is COc1cc(C=CC(=O)N2CCCCC2)ccc1O. The third kappa shape index (κ3) is 3.50. The van der Waals surface area contributed by atoms with E-state index < -0.39 is 0 Å². The van der Waals surface area contributed by atoms with E-state index in [1.54, 1.807) is 30.4 Å². The van der Waals surface area contributed by atoms with Gasteiger partial charge in [-0.25, -0.2) is 0 Å². The van der Waals surface area contributed by atoms with Crippen LogP contribution in [0.15, 0.2) is 24.3 Å². The van der Waals surface area contributed by atoms with Gasteiger partial charge in [0.05, 0.1) is 7.11 Å². The quantitative estimate of drug-likeness (QED) is 0.850. The summed E-state index contributed by atoms with van der Waals surface area (Å²) in [4.78, 5) is 13.8. The summed E-state index contributed by atoms with van der Waals surface area (Å²) in [5.41, 5.74) is 0.833. The molecule has 4 nitrogen and oxygen atoms in total. The number of nitrogens with zero attached hydrogens (tertiary/aromatic N) is 1. The molecule has 19 heavy (non-hydrogen) atoms. The summed E-state index contributed by atoms with van der Waals surface area (Å²) < 4.78 is 5.03. The number of aromatic hydroxyl groups is 1. The molecule has 0 bridgehead atoms. The molecule has 1 saturated heterocycles. The van der Waals surface area contributed by atoms with Gasteiger partial charge in [-0.05, 0) is 43.0 Å².